The molecule has 1 aliphatic carbocycles. The van der Waals surface area contributed by atoms with E-state index in [-0.39, 0.29) is 5.91 Å². The van der Waals surface area contributed by atoms with E-state index in [1.54, 1.807) is 31.3 Å². The number of carbonyl (C=O) groups is 1. The van der Waals surface area contributed by atoms with Crippen molar-refractivity contribution in [2.75, 3.05) is 13.3 Å². The zero-order valence-electron chi connectivity index (χ0n) is 12.0. The van der Waals surface area contributed by atoms with E-state index in [0.29, 0.717) is 4.90 Å². The van der Waals surface area contributed by atoms with E-state index in [1.165, 1.54) is 6.26 Å². The van der Waals surface area contributed by atoms with Crippen LogP contribution >= 0.6 is 0 Å². The molecule has 0 saturated heterocycles. The molecule has 1 amide bonds. The number of carbonyl (C=O) groups excluding carboxylic acids is 1. The Morgan fingerprint density at radius 1 is 1.10 bits per heavy atom. The minimum absolute atomic E-state index is 0.0318. The van der Waals surface area contributed by atoms with Gasteiger partial charge in [-0.3, -0.25) is 4.79 Å². The van der Waals surface area contributed by atoms with Gasteiger partial charge in [-0.15, -0.1) is 0 Å². The van der Waals surface area contributed by atoms with Crippen LogP contribution in [0.4, 0.5) is 0 Å². The summed E-state index contributed by atoms with van der Waals surface area (Å²) in [4.78, 5) is 12.6. The summed E-state index contributed by atoms with van der Waals surface area (Å²) in [6.45, 7) is 0. The molecule has 1 aliphatic rings. The molecule has 2 rings (SSSR count). The first-order chi connectivity index (χ1) is 9.40. The lowest BCUT2D eigenvalue weighted by molar-refractivity contribution is -0.127. The maximum absolute atomic E-state index is 12.3. The number of hydrogen-bond donors (Lipinski definition) is 1. The number of amides is 1. The fraction of sp³-hybridized carbons (Fsp3) is 0.533. The molecule has 0 radical (unpaired) electrons. The van der Waals surface area contributed by atoms with Gasteiger partial charge in [-0.2, -0.15) is 0 Å². The molecular formula is C15H21NO3S. The molecule has 0 aromatic heterocycles. The number of likely N-dealkylation sites (N-methyl/N-ethyl adjacent to an activating group) is 1. The Hall–Kier alpha value is -1.36. The predicted octanol–water partition coefficient (Wildman–Crippen LogP) is 2.04. The van der Waals surface area contributed by atoms with Crippen LogP contribution in [0.15, 0.2) is 29.2 Å². The molecule has 0 atom stereocenters. The Morgan fingerprint density at radius 3 is 2.10 bits per heavy atom. The molecule has 4 nitrogen and oxygen atoms in total. The first kappa shape index (κ1) is 15.0. The third-order valence-electron chi connectivity index (χ3n) is 4.20. The van der Waals surface area contributed by atoms with E-state index in [9.17, 15) is 13.2 Å². The van der Waals surface area contributed by atoms with Gasteiger partial charge in [0, 0.05) is 13.3 Å². The molecular weight excluding hydrogens is 274 g/mol. The molecule has 0 spiro atoms. The molecule has 110 valence electrons. The van der Waals surface area contributed by atoms with Crippen molar-refractivity contribution >= 4 is 15.7 Å². The summed E-state index contributed by atoms with van der Waals surface area (Å²) < 4.78 is 23.0. The number of sulfone groups is 1. The van der Waals surface area contributed by atoms with Crippen molar-refractivity contribution in [3.05, 3.63) is 29.8 Å². The molecule has 1 aromatic carbocycles. The first-order valence-corrected chi connectivity index (χ1v) is 8.82. The normalized spacial score (nSPS) is 18.5. The van der Waals surface area contributed by atoms with E-state index in [4.69, 9.17) is 0 Å². The van der Waals surface area contributed by atoms with Gasteiger partial charge in [0.05, 0.1) is 10.3 Å². The lowest BCUT2D eigenvalue weighted by Crippen LogP contribution is -2.44. The second-order valence-corrected chi connectivity index (χ2v) is 7.53. The van der Waals surface area contributed by atoms with Crippen LogP contribution in [0.5, 0.6) is 0 Å². The smallest absolute Gasteiger partial charge is 0.230 e. The zero-order chi connectivity index (χ0) is 14.8. The number of hydrogen-bond acceptors (Lipinski definition) is 3. The maximum atomic E-state index is 12.3. The minimum Gasteiger partial charge on any atom is -0.358 e. The Bertz CT molecular complexity index is 584. The van der Waals surface area contributed by atoms with Gasteiger partial charge in [0.15, 0.2) is 9.84 Å². The second-order valence-electron chi connectivity index (χ2n) is 5.52. The van der Waals surface area contributed by atoms with Crippen molar-refractivity contribution in [1.82, 2.24) is 5.32 Å². The highest BCUT2D eigenvalue weighted by atomic mass is 32.2. The number of nitrogens with one attached hydrogen (secondary N) is 1. The highest BCUT2D eigenvalue weighted by Crippen LogP contribution is 2.39. The second kappa shape index (κ2) is 5.56. The van der Waals surface area contributed by atoms with E-state index in [0.717, 1.165) is 37.7 Å². The lowest BCUT2D eigenvalue weighted by atomic mass is 9.69. The van der Waals surface area contributed by atoms with Gasteiger partial charge in [0.25, 0.3) is 0 Å². The van der Waals surface area contributed by atoms with E-state index < -0.39 is 15.3 Å². The Kier molecular flexibility index (Phi) is 4.18. The van der Waals surface area contributed by atoms with Gasteiger partial charge < -0.3 is 5.32 Å². The fourth-order valence-electron chi connectivity index (χ4n) is 3.06. The van der Waals surface area contributed by atoms with Crippen LogP contribution in [-0.4, -0.2) is 27.6 Å². The molecule has 5 heteroatoms. The quantitative estimate of drug-likeness (QED) is 0.928. The van der Waals surface area contributed by atoms with Gasteiger partial charge in [0.2, 0.25) is 5.91 Å². The van der Waals surface area contributed by atoms with Crippen LogP contribution in [0.25, 0.3) is 0 Å². The van der Waals surface area contributed by atoms with Crippen LogP contribution < -0.4 is 5.32 Å². The van der Waals surface area contributed by atoms with Crippen LogP contribution in [0.3, 0.4) is 0 Å². The number of rotatable bonds is 3. The molecule has 1 saturated carbocycles. The van der Waals surface area contributed by atoms with Gasteiger partial charge in [-0.1, -0.05) is 31.4 Å². The molecule has 0 aliphatic heterocycles. The third kappa shape index (κ3) is 2.73. The predicted molar refractivity (Wildman–Crippen MR) is 78.4 cm³/mol. The van der Waals surface area contributed by atoms with Crippen molar-refractivity contribution in [2.45, 2.75) is 42.4 Å². The molecule has 0 unspecified atom stereocenters. The highest BCUT2D eigenvalue weighted by Gasteiger charge is 2.40. The average Bonchev–Trinajstić information content (AvgIpc) is 2.46. The zero-order valence-corrected chi connectivity index (χ0v) is 12.8. The summed E-state index contributed by atoms with van der Waals surface area (Å²) in [6, 6.07) is 6.78. The van der Waals surface area contributed by atoms with Crippen molar-refractivity contribution in [3.8, 4) is 0 Å². The molecule has 1 fully saturated rings. The van der Waals surface area contributed by atoms with Crippen LogP contribution in [0.1, 0.15) is 37.7 Å². The van der Waals surface area contributed by atoms with Gasteiger partial charge in [0.1, 0.15) is 0 Å². The Morgan fingerprint density at radius 2 is 1.65 bits per heavy atom. The maximum Gasteiger partial charge on any atom is 0.230 e. The lowest BCUT2D eigenvalue weighted by Gasteiger charge is -2.36. The number of benzene rings is 1. The van der Waals surface area contributed by atoms with Crippen molar-refractivity contribution in [1.29, 1.82) is 0 Å². The highest BCUT2D eigenvalue weighted by molar-refractivity contribution is 7.90. The van der Waals surface area contributed by atoms with Crippen LogP contribution in [0, 0.1) is 0 Å². The monoisotopic (exact) mass is 295 g/mol. The minimum atomic E-state index is -3.20. The summed E-state index contributed by atoms with van der Waals surface area (Å²) in [5.41, 5.74) is 0.423. The summed E-state index contributed by atoms with van der Waals surface area (Å²) >= 11 is 0. The van der Waals surface area contributed by atoms with Crippen molar-refractivity contribution in [3.63, 3.8) is 0 Å². The Balaban J connectivity index is 2.42. The first-order valence-electron chi connectivity index (χ1n) is 6.93. The molecule has 1 aromatic rings. The third-order valence-corrected chi connectivity index (χ3v) is 5.33. The standard InChI is InChI=1S/C15H21NO3S/c1-16-14(17)15(10-4-3-5-11-15)12-6-8-13(9-7-12)20(2,18)19/h6-9H,3-5,10-11H2,1-2H3,(H,16,17). The van der Waals surface area contributed by atoms with Gasteiger partial charge in [-0.05, 0) is 30.5 Å². The van der Waals surface area contributed by atoms with E-state index >= 15 is 0 Å². The summed E-state index contributed by atoms with van der Waals surface area (Å²) in [5, 5.41) is 2.76. The summed E-state index contributed by atoms with van der Waals surface area (Å²) in [5.74, 6) is 0.0318. The molecule has 0 bridgehead atoms. The largest absolute Gasteiger partial charge is 0.358 e. The molecule has 0 heterocycles. The average molecular weight is 295 g/mol. The van der Waals surface area contributed by atoms with Gasteiger partial charge >= 0.3 is 0 Å². The van der Waals surface area contributed by atoms with E-state index in [1.807, 2.05) is 0 Å². The van der Waals surface area contributed by atoms with Crippen LogP contribution in [-0.2, 0) is 20.0 Å². The van der Waals surface area contributed by atoms with Crippen molar-refractivity contribution in [2.24, 2.45) is 0 Å². The van der Waals surface area contributed by atoms with Gasteiger partial charge in [-0.25, -0.2) is 8.42 Å². The summed E-state index contributed by atoms with van der Waals surface area (Å²) in [7, 11) is -1.54. The summed E-state index contributed by atoms with van der Waals surface area (Å²) in [6.07, 6.45) is 6.05. The molecule has 20 heavy (non-hydrogen) atoms. The topological polar surface area (TPSA) is 63.2 Å². The van der Waals surface area contributed by atoms with Crippen molar-refractivity contribution < 1.29 is 13.2 Å². The van der Waals surface area contributed by atoms with E-state index in [2.05, 4.69) is 5.32 Å². The molecule has 1 N–H and O–H groups in total. The Labute approximate surface area is 120 Å². The van der Waals surface area contributed by atoms with Crippen LogP contribution in [0.2, 0.25) is 0 Å². The fourth-order valence-corrected chi connectivity index (χ4v) is 3.69. The SMILES string of the molecule is CNC(=O)C1(c2ccc(S(C)(=O)=O)cc2)CCCCC1.